The number of nitrogens with one attached hydrogen (secondary N) is 1. The third-order valence-corrected chi connectivity index (χ3v) is 2.48. The summed E-state index contributed by atoms with van der Waals surface area (Å²) in [4.78, 5) is 0. The van der Waals surface area contributed by atoms with Crippen LogP contribution < -0.4 is 5.32 Å². The van der Waals surface area contributed by atoms with Crippen LogP contribution >= 0.6 is 11.6 Å². The van der Waals surface area contributed by atoms with E-state index in [2.05, 4.69) is 21.4 Å². The van der Waals surface area contributed by atoms with Crippen molar-refractivity contribution < 1.29 is 0 Å². The molecule has 0 bridgehead atoms. The number of halogens is 1. The monoisotopic (exact) mass is 231 g/mol. The first kappa shape index (κ1) is 10.7. The molecule has 16 heavy (non-hydrogen) atoms. The van der Waals surface area contributed by atoms with E-state index < -0.39 is 0 Å². The molecule has 0 saturated carbocycles. The standard InChI is InChI=1S/C12H10ClN3/c1-2-3-8-14-12-10-7-5-4-6-9(10)11(13)15-16-12/h1,4-7H,3,8H2,(H,14,16). The van der Waals surface area contributed by atoms with Gasteiger partial charge in [0.1, 0.15) is 0 Å². The summed E-state index contributed by atoms with van der Waals surface area (Å²) < 4.78 is 0. The summed E-state index contributed by atoms with van der Waals surface area (Å²) in [7, 11) is 0. The molecule has 2 rings (SSSR count). The van der Waals surface area contributed by atoms with E-state index in [0.29, 0.717) is 18.1 Å². The minimum Gasteiger partial charge on any atom is -0.367 e. The third-order valence-electron chi connectivity index (χ3n) is 2.20. The van der Waals surface area contributed by atoms with Crippen molar-refractivity contribution in [1.29, 1.82) is 0 Å². The van der Waals surface area contributed by atoms with Gasteiger partial charge in [-0.25, -0.2) is 0 Å². The van der Waals surface area contributed by atoms with Gasteiger partial charge in [0.05, 0.1) is 0 Å². The second-order valence-corrected chi connectivity index (χ2v) is 3.62. The number of anilines is 1. The van der Waals surface area contributed by atoms with Crippen molar-refractivity contribution in [1.82, 2.24) is 10.2 Å². The second kappa shape index (κ2) is 4.82. The van der Waals surface area contributed by atoms with Crippen LogP contribution in [-0.2, 0) is 0 Å². The van der Waals surface area contributed by atoms with E-state index in [1.165, 1.54) is 0 Å². The molecule has 1 aromatic carbocycles. The van der Waals surface area contributed by atoms with Crippen molar-refractivity contribution in [2.24, 2.45) is 0 Å². The maximum absolute atomic E-state index is 5.96. The van der Waals surface area contributed by atoms with Crippen LogP contribution in [0.25, 0.3) is 10.8 Å². The molecule has 0 fully saturated rings. The lowest BCUT2D eigenvalue weighted by Gasteiger charge is -2.06. The Hall–Kier alpha value is -1.79. The molecule has 0 amide bonds. The Balaban J connectivity index is 2.39. The minimum absolute atomic E-state index is 0.415. The van der Waals surface area contributed by atoms with Gasteiger partial charge in [0.2, 0.25) is 0 Å². The third kappa shape index (κ3) is 2.07. The lowest BCUT2D eigenvalue weighted by Crippen LogP contribution is -2.04. The zero-order chi connectivity index (χ0) is 11.4. The van der Waals surface area contributed by atoms with E-state index in [-0.39, 0.29) is 0 Å². The smallest absolute Gasteiger partial charge is 0.159 e. The Bertz CT molecular complexity index is 545. The van der Waals surface area contributed by atoms with Crippen molar-refractivity contribution in [3.8, 4) is 12.3 Å². The number of benzene rings is 1. The molecule has 2 aromatic rings. The van der Waals surface area contributed by atoms with Crippen LogP contribution in [0.3, 0.4) is 0 Å². The van der Waals surface area contributed by atoms with Gasteiger partial charge in [-0.15, -0.1) is 22.5 Å². The zero-order valence-corrected chi connectivity index (χ0v) is 9.33. The fourth-order valence-electron chi connectivity index (χ4n) is 1.45. The number of nitrogens with zero attached hydrogens (tertiary/aromatic N) is 2. The van der Waals surface area contributed by atoms with E-state index in [1.54, 1.807) is 0 Å². The molecule has 1 heterocycles. The number of hydrogen-bond donors (Lipinski definition) is 1. The van der Waals surface area contributed by atoms with Gasteiger partial charge in [0.15, 0.2) is 11.0 Å². The molecule has 0 aliphatic rings. The van der Waals surface area contributed by atoms with Gasteiger partial charge in [-0.05, 0) is 0 Å². The zero-order valence-electron chi connectivity index (χ0n) is 8.57. The average Bonchev–Trinajstić information content (AvgIpc) is 2.33. The van der Waals surface area contributed by atoms with Crippen molar-refractivity contribution >= 4 is 28.2 Å². The Morgan fingerprint density at radius 2 is 2.00 bits per heavy atom. The van der Waals surface area contributed by atoms with Gasteiger partial charge in [0.25, 0.3) is 0 Å². The maximum Gasteiger partial charge on any atom is 0.159 e. The van der Waals surface area contributed by atoms with Crippen LogP contribution in [0, 0.1) is 12.3 Å². The minimum atomic E-state index is 0.415. The normalized spacial score (nSPS) is 10.0. The van der Waals surface area contributed by atoms with Gasteiger partial charge >= 0.3 is 0 Å². The topological polar surface area (TPSA) is 37.8 Å². The number of rotatable bonds is 3. The van der Waals surface area contributed by atoms with Crippen LogP contribution in [0.15, 0.2) is 24.3 Å². The quantitative estimate of drug-likeness (QED) is 0.652. The van der Waals surface area contributed by atoms with Gasteiger partial charge in [-0.3, -0.25) is 0 Å². The van der Waals surface area contributed by atoms with Crippen molar-refractivity contribution in [2.45, 2.75) is 6.42 Å². The highest BCUT2D eigenvalue weighted by molar-refractivity contribution is 6.34. The summed E-state index contributed by atoms with van der Waals surface area (Å²) in [5.74, 6) is 3.28. The van der Waals surface area contributed by atoms with E-state index in [1.807, 2.05) is 24.3 Å². The highest BCUT2D eigenvalue weighted by Crippen LogP contribution is 2.25. The Kier molecular flexibility index (Phi) is 3.23. The molecule has 0 radical (unpaired) electrons. The molecule has 3 nitrogen and oxygen atoms in total. The van der Waals surface area contributed by atoms with Crippen molar-refractivity contribution in [2.75, 3.05) is 11.9 Å². The summed E-state index contributed by atoms with van der Waals surface area (Å²) in [5, 5.41) is 13.3. The molecule has 4 heteroatoms. The predicted molar refractivity (Wildman–Crippen MR) is 66.5 cm³/mol. The summed E-state index contributed by atoms with van der Waals surface area (Å²) in [6, 6.07) is 7.72. The first-order valence-corrected chi connectivity index (χ1v) is 5.29. The first-order valence-electron chi connectivity index (χ1n) is 4.91. The van der Waals surface area contributed by atoms with Gasteiger partial charge in [0, 0.05) is 23.7 Å². The van der Waals surface area contributed by atoms with Gasteiger partial charge in [-0.2, -0.15) is 0 Å². The van der Waals surface area contributed by atoms with Crippen LogP contribution in [-0.4, -0.2) is 16.7 Å². The van der Waals surface area contributed by atoms with Crippen molar-refractivity contribution in [3.05, 3.63) is 29.4 Å². The van der Waals surface area contributed by atoms with E-state index in [9.17, 15) is 0 Å². The lowest BCUT2D eigenvalue weighted by atomic mass is 10.2. The Labute approximate surface area is 98.8 Å². The summed E-state index contributed by atoms with van der Waals surface area (Å²) in [6.45, 7) is 0.677. The predicted octanol–water partition coefficient (Wildman–Crippen LogP) is 2.72. The van der Waals surface area contributed by atoms with Crippen LogP contribution in [0.1, 0.15) is 6.42 Å². The fourth-order valence-corrected chi connectivity index (χ4v) is 1.66. The summed E-state index contributed by atoms with van der Waals surface area (Å²) in [5.41, 5.74) is 0. The molecular weight excluding hydrogens is 222 g/mol. The van der Waals surface area contributed by atoms with E-state index in [0.717, 1.165) is 16.6 Å². The van der Waals surface area contributed by atoms with Crippen LogP contribution in [0.4, 0.5) is 5.82 Å². The number of aromatic nitrogens is 2. The van der Waals surface area contributed by atoms with Gasteiger partial charge in [-0.1, -0.05) is 35.9 Å². The Morgan fingerprint density at radius 1 is 1.25 bits per heavy atom. The maximum atomic E-state index is 5.96. The molecular formula is C12H10ClN3. The Morgan fingerprint density at radius 3 is 2.75 bits per heavy atom. The molecule has 80 valence electrons. The molecule has 0 aliphatic carbocycles. The lowest BCUT2D eigenvalue weighted by molar-refractivity contribution is 1.01. The molecule has 0 saturated heterocycles. The van der Waals surface area contributed by atoms with Crippen LogP contribution in [0.5, 0.6) is 0 Å². The van der Waals surface area contributed by atoms with Crippen LogP contribution in [0.2, 0.25) is 5.15 Å². The van der Waals surface area contributed by atoms with Crippen molar-refractivity contribution in [3.63, 3.8) is 0 Å². The summed E-state index contributed by atoms with van der Waals surface area (Å²) >= 11 is 5.96. The molecule has 0 unspecified atom stereocenters. The summed E-state index contributed by atoms with van der Waals surface area (Å²) in [6.07, 6.45) is 5.83. The number of fused-ring (bicyclic) bond motifs is 1. The largest absolute Gasteiger partial charge is 0.367 e. The average molecular weight is 232 g/mol. The molecule has 0 spiro atoms. The first-order chi connectivity index (χ1) is 7.83. The molecule has 0 atom stereocenters. The number of hydrogen-bond acceptors (Lipinski definition) is 3. The van der Waals surface area contributed by atoms with E-state index >= 15 is 0 Å². The van der Waals surface area contributed by atoms with E-state index in [4.69, 9.17) is 18.0 Å². The number of terminal acetylenes is 1. The molecule has 1 aromatic heterocycles. The second-order valence-electron chi connectivity index (χ2n) is 3.27. The SMILES string of the molecule is C#CCCNc1nnc(Cl)c2ccccc12. The van der Waals surface area contributed by atoms with Gasteiger partial charge < -0.3 is 5.32 Å². The fraction of sp³-hybridized carbons (Fsp3) is 0.167. The molecule has 1 N–H and O–H groups in total. The molecule has 0 aliphatic heterocycles. The highest BCUT2D eigenvalue weighted by atomic mass is 35.5. The highest BCUT2D eigenvalue weighted by Gasteiger charge is 2.05.